The Kier molecular flexibility index (Phi) is 4.78. The SMILES string of the molecule is COc1ccc2c(c1)[C@]1(C[C@H]1c1ccc3c(Nc4ncc(C5CS(=O)(=O)C5)nc4OC)n[nH]c3c1)C(=O)N2. The average molecular weight is 533 g/mol. The number of aromatic nitrogens is 4. The van der Waals surface area contributed by atoms with Crippen LogP contribution in [-0.4, -0.2) is 60.2 Å². The van der Waals surface area contributed by atoms with Gasteiger partial charge in [-0.2, -0.15) is 5.10 Å². The number of hydrogen-bond acceptors (Lipinski definition) is 9. The van der Waals surface area contributed by atoms with Gasteiger partial charge in [0.1, 0.15) is 5.75 Å². The number of benzene rings is 2. The van der Waals surface area contributed by atoms with Crippen molar-refractivity contribution in [2.45, 2.75) is 23.7 Å². The van der Waals surface area contributed by atoms with Crippen LogP contribution in [0.15, 0.2) is 42.6 Å². The van der Waals surface area contributed by atoms with Crippen LogP contribution in [0.5, 0.6) is 11.6 Å². The van der Waals surface area contributed by atoms with Gasteiger partial charge in [-0.1, -0.05) is 6.07 Å². The molecular formula is C26H24N6O5S. The summed E-state index contributed by atoms with van der Waals surface area (Å²) in [5, 5.41) is 14.5. The molecule has 2 atom stereocenters. The minimum Gasteiger partial charge on any atom is -0.497 e. The van der Waals surface area contributed by atoms with Crippen molar-refractivity contribution in [2.24, 2.45) is 0 Å². The first-order chi connectivity index (χ1) is 18.3. The number of carbonyl (C=O) groups excluding carboxylic acids is 1. The van der Waals surface area contributed by atoms with Gasteiger partial charge in [-0.3, -0.25) is 9.89 Å². The van der Waals surface area contributed by atoms with E-state index in [9.17, 15) is 13.2 Å². The summed E-state index contributed by atoms with van der Waals surface area (Å²) in [4.78, 5) is 21.9. The molecule has 0 bridgehead atoms. The van der Waals surface area contributed by atoms with Gasteiger partial charge in [-0.25, -0.2) is 18.4 Å². The van der Waals surface area contributed by atoms with Crippen LogP contribution in [-0.2, 0) is 20.0 Å². The first kappa shape index (κ1) is 23.0. The Labute approximate surface area is 217 Å². The number of amides is 1. The maximum Gasteiger partial charge on any atom is 0.257 e. The third kappa shape index (κ3) is 3.36. The van der Waals surface area contributed by atoms with Gasteiger partial charge in [0.15, 0.2) is 21.5 Å². The van der Waals surface area contributed by atoms with Crippen LogP contribution < -0.4 is 20.1 Å². The van der Waals surface area contributed by atoms with Crippen molar-refractivity contribution in [3.8, 4) is 11.6 Å². The lowest BCUT2D eigenvalue weighted by Gasteiger charge is -2.25. The highest BCUT2D eigenvalue weighted by molar-refractivity contribution is 7.92. The molecule has 2 aromatic heterocycles. The Hall–Kier alpha value is -4.19. The van der Waals surface area contributed by atoms with E-state index in [1.165, 1.54) is 7.11 Å². The van der Waals surface area contributed by atoms with E-state index in [4.69, 9.17) is 9.47 Å². The number of nitrogens with one attached hydrogen (secondary N) is 3. The van der Waals surface area contributed by atoms with E-state index in [0.29, 0.717) is 17.3 Å². The highest BCUT2D eigenvalue weighted by atomic mass is 32.2. The zero-order chi connectivity index (χ0) is 26.2. The molecule has 1 spiro atoms. The van der Waals surface area contributed by atoms with Crippen molar-refractivity contribution < 1.29 is 22.7 Å². The molecule has 11 nitrogen and oxygen atoms in total. The fraction of sp³-hybridized carbons (Fsp3) is 0.308. The van der Waals surface area contributed by atoms with E-state index in [1.807, 2.05) is 36.4 Å². The fourth-order valence-corrected chi connectivity index (χ4v) is 7.17. The van der Waals surface area contributed by atoms with Gasteiger partial charge in [0.05, 0.1) is 48.5 Å². The minimum atomic E-state index is -2.97. The number of carbonyl (C=O) groups is 1. The van der Waals surface area contributed by atoms with E-state index in [2.05, 4.69) is 30.8 Å². The lowest BCUT2D eigenvalue weighted by molar-refractivity contribution is -0.118. The van der Waals surface area contributed by atoms with Crippen molar-refractivity contribution in [1.82, 2.24) is 20.2 Å². The normalized spacial score (nSPS) is 23.1. The molecule has 0 unspecified atom stereocenters. The number of methoxy groups -OCH3 is 2. The molecule has 1 saturated heterocycles. The van der Waals surface area contributed by atoms with E-state index in [1.54, 1.807) is 13.3 Å². The number of H-pyrrole nitrogens is 1. The van der Waals surface area contributed by atoms with Gasteiger partial charge in [0.2, 0.25) is 5.91 Å². The van der Waals surface area contributed by atoms with Crippen LogP contribution in [0.4, 0.5) is 17.3 Å². The number of nitrogens with zero attached hydrogens (tertiary/aromatic N) is 3. The number of anilines is 3. The first-order valence-corrected chi connectivity index (χ1v) is 14.0. The molecule has 3 aliphatic rings. The van der Waals surface area contributed by atoms with Crippen molar-refractivity contribution in [3.63, 3.8) is 0 Å². The zero-order valence-electron chi connectivity index (χ0n) is 20.6. The van der Waals surface area contributed by atoms with Crippen molar-refractivity contribution in [1.29, 1.82) is 0 Å². The van der Waals surface area contributed by atoms with Gasteiger partial charge in [0.25, 0.3) is 5.88 Å². The Morgan fingerprint density at radius 3 is 2.68 bits per heavy atom. The molecule has 38 heavy (non-hydrogen) atoms. The molecule has 194 valence electrons. The summed E-state index contributed by atoms with van der Waals surface area (Å²) < 4.78 is 33.9. The first-order valence-electron chi connectivity index (χ1n) is 12.2. The topological polar surface area (TPSA) is 148 Å². The van der Waals surface area contributed by atoms with Gasteiger partial charge >= 0.3 is 0 Å². The maximum absolute atomic E-state index is 13.0. The van der Waals surface area contributed by atoms with Crippen molar-refractivity contribution >= 4 is 44.0 Å². The summed E-state index contributed by atoms with van der Waals surface area (Å²) in [5.41, 5.74) is 3.70. The van der Waals surface area contributed by atoms with Crippen molar-refractivity contribution in [2.75, 3.05) is 36.4 Å². The quantitative estimate of drug-likeness (QED) is 0.341. The molecular weight excluding hydrogens is 508 g/mol. The lowest BCUT2D eigenvalue weighted by atomic mass is 9.91. The van der Waals surface area contributed by atoms with E-state index in [0.717, 1.165) is 39.9 Å². The Morgan fingerprint density at radius 2 is 1.92 bits per heavy atom. The maximum atomic E-state index is 13.0. The molecule has 1 amide bonds. The van der Waals surface area contributed by atoms with Crippen LogP contribution in [0, 0.1) is 0 Å². The summed E-state index contributed by atoms with van der Waals surface area (Å²) in [5.74, 6) is 1.98. The number of aromatic amines is 1. The van der Waals surface area contributed by atoms with Gasteiger partial charge < -0.3 is 20.1 Å². The van der Waals surface area contributed by atoms with E-state index in [-0.39, 0.29) is 35.1 Å². The summed E-state index contributed by atoms with van der Waals surface area (Å²) in [6.45, 7) is 0. The predicted octanol–water partition coefficient (Wildman–Crippen LogP) is 3.00. The fourth-order valence-electron chi connectivity index (χ4n) is 5.70. The number of ether oxygens (including phenoxy) is 2. The van der Waals surface area contributed by atoms with Crippen LogP contribution in [0.3, 0.4) is 0 Å². The molecule has 1 aliphatic carbocycles. The van der Waals surface area contributed by atoms with E-state index >= 15 is 0 Å². The molecule has 3 N–H and O–H groups in total. The smallest absolute Gasteiger partial charge is 0.257 e. The number of sulfone groups is 1. The summed E-state index contributed by atoms with van der Waals surface area (Å²) in [6.07, 6.45) is 2.30. The predicted molar refractivity (Wildman–Crippen MR) is 140 cm³/mol. The standard InChI is InChI=1S/C26H24N6O5S/c1-36-15-4-6-19-17(8-15)26(25(33)29-19)9-18(26)13-3-5-16-20(7-13)31-32-22(16)30-23-24(37-2)28-21(10-27-23)14-11-38(34,35)12-14/h3-8,10,14,18H,9,11-12H2,1-2H3,(H,29,33)(H2,27,30,31,32)/t18-,26-/m0/s1. The van der Waals surface area contributed by atoms with Crippen LogP contribution in [0.25, 0.3) is 10.9 Å². The van der Waals surface area contributed by atoms with Crippen molar-refractivity contribution in [3.05, 3.63) is 59.4 Å². The van der Waals surface area contributed by atoms with Gasteiger partial charge in [0, 0.05) is 22.9 Å². The molecule has 2 fully saturated rings. The Morgan fingerprint density at radius 1 is 1.08 bits per heavy atom. The monoisotopic (exact) mass is 532 g/mol. The second kappa shape index (κ2) is 7.90. The molecule has 1 saturated carbocycles. The highest BCUT2D eigenvalue weighted by Gasteiger charge is 2.65. The number of hydrogen-bond donors (Lipinski definition) is 3. The van der Waals surface area contributed by atoms with Crippen LogP contribution in [0.1, 0.15) is 35.1 Å². The second-order valence-electron chi connectivity index (χ2n) is 10.0. The summed E-state index contributed by atoms with van der Waals surface area (Å²) >= 11 is 0. The molecule has 7 rings (SSSR count). The molecule has 2 aliphatic heterocycles. The molecule has 0 radical (unpaired) electrons. The van der Waals surface area contributed by atoms with Crippen LogP contribution >= 0.6 is 0 Å². The Balaban J connectivity index is 1.15. The summed E-state index contributed by atoms with van der Waals surface area (Å²) in [7, 11) is 0.139. The Bertz CT molecular complexity index is 1740. The number of fused-ring (bicyclic) bond motifs is 3. The van der Waals surface area contributed by atoms with Gasteiger partial charge in [-0.05, 0) is 47.9 Å². The lowest BCUT2D eigenvalue weighted by Crippen LogP contribution is -2.34. The molecule has 12 heteroatoms. The number of rotatable bonds is 6. The van der Waals surface area contributed by atoms with Crippen LogP contribution in [0.2, 0.25) is 0 Å². The molecule has 4 heterocycles. The zero-order valence-corrected chi connectivity index (χ0v) is 21.4. The average Bonchev–Trinajstić information content (AvgIpc) is 3.45. The summed E-state index contributed by atoms with van der Waals surface area (Å²) in [6, 6.07) is 11.7. The third-order valence-corrected chi connectivity index (χ3v) is 9.65. The minimum absolute atomic E-state index is 0.0198. The molecule has 2 aromatic carbocycles. The van der Waals surface area contributed by atoms with Gasteiger partial charge in [-0.15, -0.1) is 0 Å². The largest absolute Gasteiger partial charge is 0.497 e. The highest BCUT2D eigenvalue weighted by Crippen LogP contribution is 2.65. The van der Waals surface area contributed by atoms with E-state index < -0.39 is 15.3 Å². The second-order valence-corrected chi connectivity index (χ2v) is 12.2. The molecule has 4 aromatic rings. The third-order valence-electron chi connectivity index (χ3n) is 7.83.